The molecule has 1 saturated heterocycles. The number of para-hydroxylation sites is 2. The second-order valence-electron chi connectivity index (χ2n) is 8.98. The molecule has 5 nitrogen and oxygen atoms in total. The van der Waals surface area contributed by atoms with Gasteiger partial charge in [0, 0.05) is 29.0 Å². The number of aromatic nitrogens is 2. The first-order chi connectivity index (χ1) is 18.2. The summed E-state index contributed by atoms with van der Waals surface area (Å²) >= 11 is 5.93. The molecular formula is C31H26N4OS. The Bertz CT molecular complexity index is 1500. The van der Waals surface area contributed by atoms with Crippen molar-refractivity contribution in [2.75, 3.05) is 4.90 Å². The van der Waals surface area contributed by atoms with Crippen LogP contribution in [0.3, 0.4) is 0 Å². The number of benzene rings is 3. The smallest absolute Gasteiger partial charge is 0.174 e. The number of nitrogens with one attached hydrogen (secondary N) is 1. The molecule has 1 fully saturated rings. The van der Waals surface area contributed by atoms with Gasteiger partial charge in [-0.1, -0.05) is 42.5 Å². The van der Waals surface area contributed by atoms with Crippen LogP contribution in [0.15, 0.2) is 121 Å². The second-order valence-corrected chi connectivity index (χ2v) is 9.36. The number of anilines is 1. The minimum absolute atomic E-state index is 0.114. The SMILES string of the molecule is Cc1ccc([C@@H]2[C@@H](c3ccccn3)NC(=S)N2c2ccc(Oc3ccccc3)cc2)n1-c1ccccc1. The lowest BCUT2D eigenvalue weighted by Gasteiger charge is -2.29. The molecule has 2 aromatic heterocycles. The summed E-state index contributed by atoms with van der Waals surface area (Å²) in [5.41, 5.74) is 5.34. The number of aryl methyl sites for hydroxylation is 1. The molecule has 1 aliphatic rings. The van der Waals surface area contributed by atoms with Gasteiger partial charge in [0.05, 0.1) is 11.7 Å². The van der Waals surface area contributed by atoms with Gasteiger partial charge < -0.3 is 19.5 Å². The minimum Gasteiger partial charge on any atom is -0.457 e. The van der Waals surface area contributed by atoms with Crippen molar-refractivity contribution in [3.8, 4) is 17.2 Å². The zero-order valence-corrected chi connectivity index (χ0v) is 21.2. The van der Waals surface area contributed by atoms with Crippen LogP contribution < -0.4 is 15.0 Å². The zero-order valence-electron chi connectivity index (χ0n) is 20.4. The van der Waals surface area contributed by atoms with Gasteiger partial charge in [0.15, 0.2) is 5.11 Å². The summed E-state index contributed by atoms with van der Waals surface area (Å²) in [4.78, 5) is 6.88. The standard InChI is InChI=1S/C31H26N4OS/c1-22-15-20-28(34(22)23-10-4-2-5-11-23)30-29(27-14-8-9-21-32-27)33-31(37)35(30)24-16-18-26(19-17-24)36-25-12-6-3-7-13-25/h2-21,29-30H,1H3,(H,33,37)/t29-,30-/m1/s1. The molecule has 0 saturated carbocycles. The van der Waals surface area contributed by atoms with E-state index in [4.69, 9.17) is 21.9 Å². The molecule has 0 radical (unpaired) electrons. The highest BCUT2D eigenvalue weighted by Crippen LogP contribution is 2.43. The topological polar surface area (TPSA) is 42.3 Å². The lowest BCUT2D eigenvalue weighted by molar-refractivity contribution is 0.482. The van der Waals surface area contributed by atoms with Crippen LogP contribution >= 0.6 is 12.2 Å². The molecule has 3 aromatic carbocycles. The van der Waals surface area contributed by atoms with Gasteiger partial charge in [0.25, 0.3) is 0 Å². The Labute approximate surface area is 222 Å². The molecule has 0 aliphatic carbocycles. The quantitative estimate of drug-likeness (QED) is 0.250. The number of hydrogen-bond acceptors (Lipinski definition) is 3. The highest BCUT2D eigenvalue weighted by Gasteiger charge is 2.42. The van der Waals surface area contributed by atoms with Gasteiger partial charge in [-0.25, -0.2) is 0 Å². The van der Waals surface area contributed by atoms with Crippen LogP contribution in [0.25, 0.3) is 5.69 Å². The van der Waals surface area contributed by atoms with Crippen molar-refractivity contribution in [2.45, 2.75) is 19.0 Å². The van der Waals surface area contributed by atoms with Crippen molar-refractivity contribution in [3.63, 3.8) is 0 Å². The van der Waals surface area contributed by atoms with E-state index in [-0.39, 0.29) is 12.1 Å². The second kappa shape index (κ2) is 9.91. The van der Waals surface area contributed by atoms with Crippen molar-refractivity contribution >= 4 is 23.0 Å². The minimum atomic E-state index is -0.120. The van der Waals surface area contributed by atoms with Crippen LogP contribution in [0.2, 0.25) is 0 Å². The Morgan fingerprint density at radius 2 is 1.41 bits per heavy atom. The lowest BCUT2D eigenvalue weighted by atomic mass is 10.0. The van der Waals surface area contributed by atoms with Gasteiger partial charge in [0.1, 0.15) is 17.5 Å². The highest BCUT2D eigenvalue weighted by atomic mass is 32.1. The average Bonchev–Trinajstić information content (AvgIpc) is 3.50. The molecule has 1 N–H and O–H groups in total. The van der Waals surface area contributed by atoms with E-state index < -0.39 is 0 Å². The predicted molar refractivity (Wildman–Crippen MR) is 151 cm³/mol. The molecule has 3 heterocycles. The van der Waals surface area contributed by atoms with Crippen molar-refractivity contribution in [2.24, 2.45) is 0 Å². The molecule has 2 atom stereocenters. The molecule has 0 amide bonds. The molecule has 5 aromatic rings. The maximum Gasteiger partial charge on any atom is 0.174 e. The summed E-state index contributed by atoms with van der Waals surface area (Å²) in [6, 6.07) is 38.4. The molecule has 1 aliphatic heterocycles. The van der Waals surface area contributed by atoms with Gasteiger partial charge >= 0.3 is 0 Å². The molecule has 0 bridgehead atoms. The van der Waals surface area contributed by atoms with Crippen LogP contribution in [-0.4, -0.2) is 14.7 Å². The number of rotatable bonds is 6. The van der Waals surface area contributed by atoms with Crippen molar-refractivity contribution in [1.29, 1.82) is 0 Å². The van der Waals surface area contributed by atoms with E-state index in [0.29, 0.717) is 5.11 Å². The Hall–Kier alpha value is -4.42. The van der Waals surface area contributed by atoms with Crippen LogP contribution in [0.4, 0.5) is 5.69 Å². The Morgan fingerprint density at radius 3 is 2.11 bits per heavy atom. The molecule has 37 heavy (non-hydrogen) atoms. The van der Waals surface area contributed by atoms with Crippen LogP contribution in [-0.2, 0) is 0 Å². The summed E-state index contributed by atoms with van der Waals surface area (Å²) in [6.45, 7) is 2.13. The van der Waals surface area contributed by atoms with Crippen LogP contribution in [0.1, 0.15) is 29.2 Å². The summed E-state index contributed by atoms with van der Waals surface area (Å²) in [5, 5.41) is 4.22. The van der Waals surface area contributed by atoms with E-state index >= 15 is 0 Å². The van der Waals surface area contributed by atoms with E-state index in [1.807, 2.05) is 66.9 Å². The van der Waals surface area contributed by atoms with Gasteiger partial charge in [-0.15, -0.1) is 0 Å². The van der Waals surface area contributed by atoms with Gasteiger partial charge in [0.2, 0.25) is 0 Å². The van der Waals surface area contributed by atoms with E-state index in [2.05, 4.69) is 76.3 Å². The maximum atomic E-state index is 6.02. The highest BCUT2D eigenvalue weighted by molar-refractivity contribution is 7.80. The van der Waals surface area contributed by atoms with Gasteiger partial charge in [-0.2, -0.15) is 0 Å². The molecule has 0 unspecified atom stereocenters. The Balaban J connectivity index is 1.42. The third kappa shape index (κ3) is 4.47. The molecule has 6 rings (SSSR count). The summed E-state index contributed by atoms with van der Waals surface area (Å²) in [6.07, 6.45) is 1.83. The summed E-state index contributed by atoms with van der Waals surface area (Å²) in [5.74, 6) is 1.58. The number of thiocarbonyl (C=S) groups is 1. The van der Waals surface area contributed by atoms with E-state index in [0.717, 1.165) is 40.0 Å². The fourth-order valence-corrected chi connectivity index (χ4v) is 5.30. The molecule has 182 valence electrons. The Kier molecular flexibility index (Phi) is 6.16. The lowest BCUT2D eigenvalue weighted by Crippen LogP contribution is -2.30. The molecular weight excluding hydrogens is 476 g/mol. The first kappa shape index (κ1) is 23.0. The van der Waals surface area contributed by atoms with E-state index in [9.17, 15) is 0 Å². The predicted octanol–water partition coefficient (Wildman–Crippen LogP) is 7.15. The maximum absolute atomic E-state index is 6.02. The zero-order chi connectivity index (χ0) is 25.2. The van der Waals surface area contributed by atoms with Crippen LogP contribution in [0, 0.1) is 6.92 Å². The fourth-order valence-electron chi connectivity index (χ4n) is 4.95. The number of nitrogens with zero attached hydrogens (tertiary/aromatic N) is 3. The normalized spacial score (nSPS) is 17.0. The molecule has 6 heteroatoms. The Morgan fingerprint density at radius 1 is 0.730 bits per heavy atom. The number of ether oxygens (including phenoxy) is 1. The molecule has 0 spiro atoms. The number of pyridine rings is 1. The third-order valence-corrected chi connectivity index (χ3v) is 6.93. The van der Waals surface area contributed by atoms with Crippen molar-refractivity contribution in [1.82, 2.24) is 14.9 Å². The summed E-state index contributed by atoms with van der Waals surface area (Å²) < 4.78 is 8.33. The summed E-state index contributed by atoms with van der Waals surface area (Å²) in [7, 11) is 0. The first-order valence-electron chi connectivity index (χ1n) is 12.3. The third-order valence-electron chi connectivity index (χ3n) is 6.62. The monoisotopic (exact) mass is 502 g/mol. The number of hydrogen-bond donors (Lipinski definition) is 1. The largest absolute Gasteiger partial charge is 0.457 e. The van der Waals surface area contributed by atoms with Gasteiger partial charge in [-0.05, 0) is 91.9 Å². The fraction of sp³-hybridized carbons (Fsp3) is 0.0968. The average molecular weight is 503 g/mol. The van der Waals surface area contributed by atoms with Crippen LogP contribution in [0.5, 0.6) is 11.5 Å². The van der Waals surface area contributed by atoms with Crippen molar-refractivity contribution in [3.05, 3.63) is 139 Å². The van der Waals surface area contributed by atoms with E-state index in [1.165, 1.54) is 0 Å². The first-order valence-corrected chi connectivity index (χ1v) is 12.7. The van der Waals surface area contributed by atoms with E-state index in [1.54, 1.807) is 0 Å². The van der Waals surface area contributed by atoms with Gasteiger partial charge in [-0.3, -0.25) is 4.98 Å². The van der Waals surface area contributed by atoms with Crippen molar-refractivity contribution < 1.29 is 4.74 Å².